The molecule has 2 nitrogen and oxygen atoms in total. The van der Waals surface area contributed by atoms with Gasteiger partial charge in [0.05, 0.1) is 6.10 Å². The van der Waals surface area contributed by atoms with Crippen LogP contribution in [-0.4, -0.2) is 35.7 Å². The minimum atomic E-state index is -0.191. The van der Waals surface area contributed by atoms with E-state index in [1.807, 2.05) is 6.92 Å². The molecule has 0 unspecified atom stereocenters. The van der Waals surface area contributed by atoms with E-state index in [1.54, 1.807) is 0 Å². The van der Waals surface area contributed by atoms with E-state index < -0.39 is 0 Å². The summed E-state index contributed by atoms with van der Waals surface area (Å²) < 4.78 is 0. The van der Waals surface area contributed by atoms with Crippen molar-refractivity contribution in [1.29, 1.82) is 0 Å². The standard InChI is InChI=1S/C12H25NO/c1-4-11-5-7-12(8-6-11)13(3)9-10(2)14/h10-12,14H,4-9H2,1-3H3/t10-,11?,12?/m1/s1. The van der Waals surface area contributed by atoms with Gasteiger partial charge in [0.2, 0.25) is 0 Å². The third kappa shape index (κ3) is 3.58. The fourth-order valence-electron chi connectivity index (χ4n) is 2.56. The maximum absolute atomic E-state index is 9.31. The van der Waals surface area contributed by atoms with Gasteiger partial charge in [0.15, 0.2) is 0 Å². The summed E-state index contributed by atoms with van der Waals surface area (Å²) in [7, 11) is 2.14. The van der Waals surface area contributed by atoms with Gasteiger partial charge in [-0.1, -0.05) is 13.3 Å². The Balaban J connectivity index is 2.26. The minimum Gasteiger partial charge on any atom is -0.392 e. The summed E-state index contributed by atoms with van der Waals surface area (Å²) in [6.45, 7) is 4.99. The van der Waals surface area contributed by atoms with Crippen LogP contribution in [0.5, 0.6) is 0 Å². The van der Waals surface area contributed by atoms with Gasteiger partial charge in [0.1, 0.15) is 0 Å². The van der Waals surface area contributed by atoms with Crippen LogP contribution in [0.15, 0.2) is 0 Å². The number of hydrogen-bond acceptors (Lipinski definition) is 2. The van der Waals surface area contributed by atoms with Gasteiger partial charge in [-0.25, -0.2) is 0 Å². The number of rotatable bonds is 4. The van der Waals surface area contributed by atoms with Gasteiger partial charge < -0.3 is 10.0 Å². The molecule has 0 bridgehead atoms. The van der Waals surface area contributed by atoms with Crippen LogP contribution in [0, 0.1) is 5.92 Å². The van der Waals surface area contributed by atoms with Crippen molar-refractivity contribution in [3.05, 3.63) is 0 Å². The van der Waals surface area contributed by atoms with Gasteiger partial charge in [-0.05, 0) is 45.6 Å². The highest BCUT2D eigenvalue weighted by Gasteiger charge is 2.23. The molecule has 1 N–H and O–H groups in total. The molecule has 0 aliphatic heterocycles. The fraction of sp³-hybridized carbons (Fsp3) is 1.00. The zero-order valence-corrected chi connectivity index (χ0v) is 9.87. The molecule has 2 heteroatoms. The second-order valence-corrected chi connectivity index (χ2v) is 4.87. The lowest BCUT2D eigenvalue weighted by atomic mass is 9.84. The van der Waals surface area contributed by atoms with Crippen LogP contribution >= 0.6 is 0 Å². The molecular weight excluding hydrogens is 174 g/mol. The lowest BCUT2D eigenvalue weighted by molar-refractivity contribution is 0.0939. The molecule has 1 rings (SSSR count). The van der Waals surface area contributed by atoms with Crippen LogP contribution in [0.3, 0.4) is 0 Å². The van der Waals surface area contributed by atoms with Crippen molar-refractivity contribution in [2.24, 2.45) is 5.92 Å². The predicted molar refractivity (Wildman–Crippen MR) is 60.3 cm³/mol. The van der Waals surface area contributed by atoms with E-state index in [4.69, 9.17) is 0 Å². The van der Waals surface area contributed by atoms with Gasteiger partial charge in [0, 0.05) is 12.6 Å². The Labute approximate surface area is 88.3 Å². The molecule has 0 spiro atoms. The van der Waals surface area contributed by atoms with Crippen LogP contribution in [0.4, 0.5) is 0 Å². The second-order valence-electron chi connectivity index (χ2n) is 4.87. The molecule has 14 heavy (non-hydrogen) atoms. The van der Waals surface area contributed by atoms with Gasteiger partial charge >= 0.3 is 0 Å². The van der Waals surface area contributed by atoms with E-state index in [0.717, 1.165) is 12.5 Å². The van der Waals surface area contributed by atoms with Crippen molar-refractivity contribution in [1.82, 2.24) is 4.90 Å². The molecule has 84 valence electrons. The van der Waals surface area contributed by atoms with Crippen LogP contribution in [0.1, 0.15) is 46.0 Å². The average molecular weight is 199 g/mol. The van der Waals surface area contributed by atoms with Crippen LogP contribution in [-0.2, 0) is 0 Å². The van der Waals surface area contributed by atoms with Crippen molar-refractivity contribution in [3.63, 3.8) is 0 Å². The van der Waals surface area contributed by atoms with Crippen molar-refractivity contribution in [2.75, 3.05) is 13.6 Å². The topological polar surface area (TPSA) is 23.5 Å². The molecule has 1 fully saturated rings. The minimum absolute atomic E-state index is 0.191. The lowest BCUT2D eigenvalue weighted by Gasteiger charge is -2.34. The number of likely N-dealkylation sites (N-methyl/N-ethyl adjacent to an activating group) is 1. The third-order valence-corrected chi connectivity index (χ3v) is 3.57. The summed E-state index contributed by atoms with van der Waals surface area (Å²) >= 11 is 0. The fourth-order valence-corrected chi connectivity index (χ4v) is 2.56. The zero-order chi connectivity index (χ0) is 10.6. The SMILES string of the molecule is CCC1CCC(N(C)C[C@@H](C)O)CC1. The third-order valence-electron chi connectivity index (χ3n) is 3.57. The van der Waals surface area contributed by atoms with E-state index in [9.17, 15) is 5.11 Å². The van der Waals surface area contributed by atoms with Gasteiger partial charge in [-0.15, -0.1) is 0 Å². The van der Waals surface area contributed by atoms with Crippen molar-refractivity contribution >= 4 is 0 Å². The molecule has 0 heterocycles. The number of hydrogen-bond donors (Lipinski definition) is 1. The highest BCUT2D eigenvalue weighted by Crippen LogP contribution is 2.28. The molecule has 0 aromatic rings. The maximum atomic E-state index is 9.31. The summed E-state index contributed by atoms with van der Waals surface area (Å²) in [5, 5.41) is 9.31. The monoisotopic (exact) mass is 199 g/mol. The first-order valence-corrected chi connectivity index (χ1v) is 6.01. The summed E-state index contributed by atoms with van der Waals surface area (Å²) in [5.41, 5.74) is 0. The van der Waals surface area contributed by atoms with E-state index in [-0.39, 0.29) is 6.10 Å². The van der Waals surface area contributed by atoms with Gasteiger partial charge in [-0.2, -0.15) is 0 Å². The highest BCUT2D eigenvalue weighted by atomic mass is 16.3. The van der Waals surface area contributed by atoms with Crippen LogP contribution < -0.4 is 0 Å². The Kier molecular flexibility index (Phi) is 4.90. The summed E-state index contributed by atoms with van der Waals surface area (Å²) in [6.07, 6.45) is 6.55. The molecule has 0 amide bonds. The first-order valence-electron chi connectivity index (χ1n) is 6.01. The van der Waals surface area contributed by atoms with E-state index in [2.05, 4.69) is 18.9 Å². The largest absolute Gasteiger partial charge is 0.392 e. The number of aliphatic hydroxyl groups is 1. The van der Waals surface area contributed by atoms with Crippen molar-refractivity contribution in [2.45, 2.75) is 58.1 Å². The smallest absolute Gasteiger partial charge is 0.0639 e. The van der Waals surface area contributed by atoms with E-state index in [0.29, 0.717) is 6.04 Å². The van der Waals surface area contributed by atoms with E-state index in [1.165, 1.54) is 32.1 Å². The number of aliphatic hydroxyl groups excluding tert-OH is 1. The molecule has 0 saturated heterocycles. The molecule has 1 saturated carbocycles. The first-order chi connectivity index (χ1) is 6.63. The predicted octanol–water partition coefficient (Wildman–Crippen LogP) is 2.27. The zero-order valence-electron chi connectivity index (χ0n) is 9.87. The quantitative estimate of drug-likeness (QED) is 0.751. The van der Waals surface area contributed by atoms with Gasteiger partial charge in [0.25, 0.3) is 0 Å². The summed E-state index contributed by atoms with van der Waals surface area (Å²) in [5.74, 6) is 0.964. The summed E-state index contributed by atoms with van der Waals surface area (Å²) in [4.78, 5) is 2.33. The van der Waals surface area contributed by atoms with Crippen molar-refractivity contribution in [3.8, 4) is 0 Å². The Morgan fingerprint density at radius 1 is 1.29 bits per heavy atom. The van der Waals surface area contributed by atoms with Crippen LogP contribution in [0.25, 0.3) is 0 Å². The Morgan fingerprint density at radius 2 is 1.86 bits per heavy atom. The molecule has 1 atom stereocenters. The Morgan fingerprint density at radius 3 is 2.29 bits per heavy atom. The second kappa shape index (κ2) is 5.72. The summed E-state index contributed by atoms with van der Waals surface area (Å²) in [6, 6.07) is 0.715. The number of nitrogens with zero attached hydrogens (tertiary/aromatic N) is 1. The molecule has 1 aliphatic carbocycles. The molecular formula is C12H25NO. The highest BCUT2D eigenvalue weighted by molar-refractivity contribution is 4.78. The normalized spacial score (nSPS) is 30.6. The average Bonchev–Trinajstić information content (AvgIpc) is 2.17. The first kappa shape index (κ1) is 12.0. The van der Waals surface area contributed by atoms with Crippen molar-refractivity contribution < 1.29 is 5.11 Å². The Hall–Kier alpha value is -0.0800. The molecule has 0 aromatic heterocycles. The van der Waals surface area contributed by atoms with Crippen LogP contribution in [0.2, 0.25) is 0 Å². The Bertz CT molecular complexity index is 150. The molecule has 0 aromatic carbocycles. The van der Waals surface area contributed by atoms with E-state index >= 15 is 0 Å². The maximum Gasteiger partial charge on any atom is 0.0639 e. The molecule has 1 aliphatic rings. The van der Waals surface area contributed by atoms with Gasteiger partial charge in [-0.3, -0.25) is 0 Å². The lowest BCUT2D eigenvalue weighted by Crippen LogP contribution is -2.39. The molecule has 0 radical (unpaired) electrons.